The molecule has 3 aliphatic rings. The van der Waals surface area contributed by atoms with Crippen molar-refractivity contribution in [2.75, 3.05) is 0 Å². The summed E-state index contributed by atoms with van der Waals surface area (Å²) in [6.45, 7) is 0. The fourth-order valence-electron chi connectivity index (χ4n) is 3.99. The summed E-state index contributed by atoms with van der Waals surface area (Å²) in [6.07, 6.45) is 9.14. The van der Waals surface area contributed by atoms with Crippen LogP contribution in [-0.4, -0.2) is 34.5 Å². The van der Waals surface area contributed by atoms with Crippen LogP contribution in [0.2, 0.25) is 0 Å². The third-order valence-electron chi connectivity index (χ3n) is 5.86. The SMILES string of the molecule is O=C1C=Cc2ccccc2/C1=N\[O-].O=C1C=Cc2ccccc2/C1=N\[O-].O=C1C=Cc2ccccc2/C1=N\[O-].[Fe+2]. The van der Waals surface area contributed by atoms with Gasteiger partial charge in [0.05, 0.1) is 0 Å². The zero-order valence-corrected chi connectivity index (χ0v) is 21.6. The first-order valence-electron chi connectivity index (χ1n) is 11.5. The Morgan fingerprint density at radius 3 is 0.900 bits per heavy atom. The van der Waals surface area contributed by atoms with Crippen molar-refractivity contribution in [1.82, 2.24) is 0 Å². The van der Waals surface area contributed by atoms with Gasteiger partial charge in [-0.25, -0.2) is 0 Å². The Labute approximate surface area is 239 Å². The Morgan fingerprint density at radius 1 is 0.400 bits per heavy atom. The van der Waals surface area contributed by atoms with Gasteiger partial charge in [0.1, 0.15) is 17.1 Å². The number of allylic oxidation sites excluding steroid dienone is 3. The van der Waals surface area contributed by atoms with Crippen LogP contribution < -0.4 is 0 Å². The molecule has 3 aromatic rings. The first kappa shape index (κ1) is 29.4. The second kappa shape index (κ2) is 13.6. The quantitative estimate of drug-likeness (QED) is 0.281. The second-order valence-electron chi connectivity index (χ2n) is 8.17. The molecule has 0 aromatic heterocycles. The first-order valence-corrected chi connectivity index (χ1v) is 11.5. The van der Waals surface area contributed by atoms with Crippen LogP contribution in [0.3, 0.4) is 0 Å². The Balaban J connectivity index is 0.000000163. The van der Waals surface area contributed by atoms with E-state index in [1.807, 2.05) is 36.4 Å². The first-order chi connectivity index (χ1) is 19.0. The number of hydrogen-bond donors (Lipinski definition) is 0. The van der Waals surface area contributed by atoms with Crippen LogP contribution in [0, 0.1) is 15.6 Å². The molecule has 0 spiro atoms. The molecule has 0 N–H and O–H groups in total. The molecule has 3 aliphatic carbocycles. The molecule has 40 heavy (non-hydrogen) atoms. The number of fused-ring (bicyclic) bond motifs is 3. The summed E-state index contributed by atoms with van der Waals surface area (Å²) in [7, 11) is 0. The van der Waals surface area contributed by atoms with E-state index in [1.165, 1.54) is 18.2 Å². The van der Waals surface area contributed by atoms with Crippen molar-refractivity contribution >= 4 is 52.7 Å². The molecule has 6 rings (SSSR count). The number of carbonyl (C=O) groups excluding carboxylic acids is 3. The summed E-state index contributed by atoms with van der Waals surface area (Å²) in [4.78, 5) is 33.5. The number of carbonyl (C=O) groups is 3. The summed E-state index contributed by atoms with van der Waals surface area (Å²) < 4.78 is 0. The Morgan fingerprint density at radius 2 is 0.650 bits per heavy atom. The van der Waals surface area contributed by atoms with E-state index in [0.717, 1.165) is 16.7 Å². The Bertz CT molecular complexity index is 1460. The molecule has 0 amide bonds. The predicted molar refractivity (Wildman–Crippen MR) is 151 cm³/mol. The minimum absolute atomic E-state index is 0. The molecule has 0 aliphatic heterocycles. The Kier molecular flexibility index (Phi) is 9.96. The van der Waals surface area contributed by atoms with E-state index in [0.29, 0.717) is 16.7 Å². The number of benzene rings is 3. The van der Waals surface area contributed by atoms with Gasteiger partial charge in [-0.2, -0.15) is 0 Å². The van der Waals surface area contributed by atoms with Crippen LogP contribution in [0.1, 0.15) is 33.4 Å². The average Bonchev–Trinajstić information content (AvgIpc) is 2.98. The second-order valence-corrected chi connectivity index (χ2v) is 8.17. The smallest absolute Gasteiger partial charge is 0.791 e. The van der Waals surface area contributed by atoms with Crippen molar-refractivity contribution < 1.29 is 31.5 Å². The van der Waals surface area contributed by atoms with Crippen molar-refractivity contribution in [1.29, 1.82) is 0 Å². The van der Waals surface area contributed by atoms with Crippen molar-refractivity contribution in [2.45, 2.75) is 0 Å². The van der Waals surface area contributed by atoms with Crippen LogP contribution in [0.4, 0.5) is 0 Å². The zero-order valence-electron chi connectivity index (χ0n) is 20.5. The van der Waals surface area contributed by atoms with Gasteiger partial charge < -0.3 is 31.1 Å². The van der Waals surface area contributed by atoms with Crippen LogP contribution in [-0.2, 0) is 31.5 Å². The van der Waals surface area contributed by atoms with Gasteiger partial charge in [0.2, 0.25) is 17.3 Å². The minimum atomic E-state index is -0.325. The van der Waals surface area contributed by atoms with Crippen LogP contribution in [0.15, 0.2) is 106 Å². The average molecular weight is 572 g/mol. The standard InChI is InChI=1S/3C10H7NO2.Fe/c3*12-9-6-5-7-3-1-2-4-8(7)10(9)11-13;/h3*1-6,13H;/q;;;+2/p-3/b3*11-10+;. The van der Waals surface area contributed by atoms with Crippen molar-refractivity contribution in [3.63, 3.8) is 0 Å². The maximum Gasteiger partial charge on any atom is 2.00 e. The van der Waals surface area contributed by atoms with Gasteiger partial charge in [0.15, 0.2) is 0 Å². The molecule has 0 radical (unpaired) electrons. The van der Waals surface area contributed by atoms with Gasteiger partial charge in [-0.3, -0.25) is 14.4 Å². The molecule has 0 saturated heterocycles. The van der Waals surface area contributed by atoms with Crippen LogP contribution >= 0.6 is 0 Å². The van der Waals surface area contributed by atoms with E-state index in [-0.39, 0.29) is 51.6 Å². The fourth-order valence-corrected chi connectivity index (χ4v) is 3.99. The Hall–Kier alpha value is -5.18. The van der Waals surface area contributed by atoms with E-state index in [9.17, 15) is 30.0 Å². The summed E-state index contributed by atoms with van der Waals surface area (Å²) in [5, 5.41) is 39.4. The molecule has 198 valence electrons. The molecule has 0 unspecified atom stereocenters. The molecule has 3 aromatic carbocycles. The molecule has 0 fully saturated rings. The summed E-state index contributed by atoms with van der Waals surface area (Å²) >= 11 is 0. The maximum atomic E-state index is 11.2. The van der Waals surface area contributed by atoms with E-state index in [4.69, 9.17) is 0 Å². The number of rotatable bonds is 0. The normalized spacial score (nSPS) is 17.1. The van der Waals surface area contributed by atoms with Crippen LogP contribution in [0.5, 0.6) is 0 Å². The van der Waals surface area contributed by atoms with Crippen molar-refractivity contribution in [3.05, 3.63) is 140 Å². The molecule has 0 bridgehead atoms. The molecule has 0 heterocycles. The van der Waals surface area contributed by atoms with E-state index in [1.54, 1.807) is 54.6 Å². The maximum absolute atomic E-state index is 11.2. The van der Waals surface area contributed by atoms with Crippen molar-refractivity contribution in [3.8, 4) is 0 Å². The third kappa shape index (κ3) is 6.27. The summed E-state index contributed by atoms with van der Waals surface area (Å²) in [5.74, 6) is -0.976. The van der Waals surface area contributed by atoms with Crippen LogP contribution in [0.25, 0.3) is 18.2 Å². The summed E-state index contributed by atoms with van der Waals surface area (Å²) in [5.41, 5.74) is 4.42. The number of hydrogen-bond acceptors (Lipinski definition) is 9. The predicted octanol–water partition coefficient (Wildman–Crippen LogP) is 4.71. The monoisotopic (exact) mass is 572 g/mol. The van der Waals surface area contributed by atoms with E-state index < -0.39 is 0 Å². The molecule has 9 nitrogen and oxygen atoms in total. The molecule has 0 saturated carbocycles. The van der Waals surface area contributed by atoms with Gasteiger partial charge in [0.25, 0.3) is 0 Å². The van der Waals surface area contributed by atoms with Gasteiger partial charge in [0, 0.05) is 16.7 Å². The topological polar surface area (TPSA) is 157 Å². The molecular weight excluding hydrogens is 554 g/mol. The zero-order chi connectivity index (χ0) is 27.8. The number of nitrogens with zero attached hydrogens (tertiary/aromatic N) is 3. The molecule has 10 heteroatoms. The van der Waals surface area contributed by atoms with E-state index in [2.05, 4.69) is 15.5 Å². The minimum Gasteiger partial charge on any atom is -0.791 e. The van der Waals surface area contributed by atoms with Gasteiger partial charge >= 0.3 is 17.1 Å². The largest absolute Gasteiger partial charge is 2.00 e. The number of ketones is 3. The van der Waals surface area contributed by atoms with E-state index >= 15 is 0 Å². The fraction of sp³-hybridized carbons (Fsp3) is 0. The van der Waals surface area contributed by atoms with Gasteiger partial charge in [-0.05, 0) is 34.9 Å². The third-order valence-corrected chi connectivity index (χ3v) is 5.86. The summed E-state index contributed by atoms with van der Waals surface area (Å²) in [6, 6.07) is 21.5. The van der Waals surface area contributed by atoms with Crippen molar-refractivity contribution in [2.24, 2.45) is 15.5 Å². The van der Waals surface area contributed by atoms with Gasteiger partial charge in [-0.15, -0.1) is 0 Å². The van der Waals surface area contributed by atoms with Gasteiger partial charge in [-0.1, -0.05) is 91.0 Å². The molecule has 0 atom stereocenters. The molecular formula is C30H18FeN3O6-.